The Labute approximate surface area is 411 Å². The van der Waals surface area contributed by atoms with Crippen LogP contribution in [0.15, 0.2) is 30.3 Å². The maximum atomic E-state index is 14.5. The summed E-state index contributed by atoms with van der Waals surface area (Å²) in [4.78, 5) is 77.9. The molecule has 8 atom stereocenters. The number of likely N-dealkylation sites (N-methyl/N-ethyl adjacent to an activating group) is 2. The third-order valence-corrected chi connectivity index (χ3v) is 11.7. The van der Waals surface area contributed by atoms with Gasteiger partial charge in [0.15, 0.2) is 0 Å². The molecule has 0 radical (unpaired) electrons. The molecule has 68 heavy (non-hydrogen) atoms. The number of carbonyl (C=O) groups excluding carboxylic acids is 4. The molecule has 0 aromatic heterocycles. The Morgan fingerprint density at radius 1 is 0.735 bits per heavy atom. The lowest BCUT2D eigenvalue weighted by molar-refractivity contribution is -0.159. The molecule has 0 aliphatic heterocycles. The molecule has 1 rings (SSSR count). The highest BCUT2D eigenvalue weighted by Gasteiger charge is 2.41. The third kappa shape index (κ3) is 24.7. The summed E-state index contributed by atoms with van der Waals surface area (Å²) in [6.07, 6.45) is 2.26. The highest BCUT2D eigenvalue weighted by molar-refractivity contribution is 5.90. The number of carboxylic acid groups (broad SMARTS) is 1. The summed E-state index contributed by atoms with van der Waals surface area (Å²) < 4.78 is 22.5. The van der Waals surface area contributed by atoms with Gasteiger partial charge in [-0.2, -0.15) is 0 Å². The van der Waals surface area contributed by atoms with Gasteiger partial charge in [0.05, 0.1) is 50.3 Å². The van der Waals surface area contributed by atoms with Crippen LogP contribution in [0.5, 0.6) is 0 Å². The van der Waals surface area contributed by atoms with Crippen LogP contribution in [0.2, 0.25) is 0 Å². The predicted molar refractivity (Wildman–Crippen MR) is 269 cm³/mol. The number of nitrogens with zero attached hydrogens (tertiary/aromatic N) is 3. The summed E-state index contributed by atoms with van der Waals surface area (Å²) in [5.41, 5.74) is 0.758. The van der Waals surface area contributed by atoms with E-state index in [9.17, 15) is 29.1 Å². The number of amides is 4. The zero-order valence-electron chi connectivity index (χ0n) is 45.0. The second kappa shape index (κ2) is 39.1. The zero-order chi connectivity index (χ0) is 52.4. The van der Waals surface area contributed by atoms with Gasteiger partial charge in [-0.1, -0.05) is 119 Å². The maximum Gasteiger partial charge on any atom is 0.326 e. The van der Waals surface area contributed by atoms with Crippen molar-refractivity contribution in [1.82, 2.24) is 25.3 Å². The molecule has 4 amide bonds. The first-order valence-corrected chi connectivity index (χ1v) is 25.0. The van der Waals surface area contributed by atoms with Crippen molar-refractivity contribution in [2.24, 2.45) is 29.6 Å². The average Bonchev–Trinajstić information content (AvgIpc) is 3.32. The van der Waals surface area contributed by atoms with E-state index in [0.29, 0.717) is 45.8 Å². The van der Waals surface area contributed by atoms with E-state index in [0.717, 1.165) is 31.4 Å². The SMILES string of the molecule is CC.CCCCN(C(=O)CC(OC)C(C(C)CC)N(C)C(=O)[C@@H](NC(=O)C(C(C)C)N(C)CCOCCC)C(C)C)C(OC)C(C)C(=O)NC(Cc1ccccc1)C(=O)O.CCCOCCON. The number of methoxy groups -OCH3 is 2. The van der Waals surface area contributed by atoms with Crippen molar-refractivity contribution >= 4 is 29.6 Å². The highest BCUT2D eigenvalue weighted by atomic mass is 16.6. The van der Waals surface area contributed by atoms with E-state index in [2.05, 4.69) is 22.4 Å². The molecule has 0 spiro atoms. The normalized spacial score (nSPS) is 14.8. The van der Waals surface area contributed by atoms with Crippen LogP contribution in [0.25, 0.3) is 0 Å². The van der Waals surface area contributed by atoms with Crippen molar-refractivity contribution in [3.05, 3.63) is 35.9 Å². The summed E-state index contributed by atoms with van der Waals surface area (Å²) in [5.74, 6) is 0.850. The number of aliphatic carboxylic acids is 1. The molecule has 5 N–H and O–H groups in total. The Morgan fingerprint density at radius 2 is 1.32 bits per heavy atom. The molecule has 0 heterocycles. The van der Waals surface area contributed by atoms with Gasteiger partial charge in [0.2, 0.25) is 23.6 Å². The number of nitrogens with two attached hydrogens (primary N) is 1. The van der Waals surface area contributed by atoms with Gasteiger partial charge in [-0.05, 0) is 56.6 Å². The first-order valence-electron chi connectivity index (χ1n) is 25.0. The Balaban J connectivity index is 0. The monoisotopic (exact) mass is 969 g/mol. The van der Waals surface area contributed by atoms with Gasteiger partial charge in [-0.15, -0.1) is 0 Å². The lowest BCUT2D eigenvalue weighted by Gasteiger charge is -2.41. The van der Waals surface area contributed by atoms with Gasteiger partial charge in [-0.3, -0.25) is 24.1 Å². The number of carbonyl (C=O) groups is 5. The minimum atomic E-state index is -1.18. The minimum Gasteiger partial charge on any atom is -0.480 e. The van der Waals surface area contributed by atoms with Gasteiger partial charge in [-0.25, -0.2) is 10.7 Å². The topological polar surface area (TPSA) is 212 Å². The van der Waals surface area contributed by atoms with Gasteiger partial charge in [0, 0.05) is 54.0 Å². The molecule has 0 saturated carbocycles. The highest BCUT2D eigenvalue weighted by Crippen LogP contribution is 2.26. The van der Waals surface area contributed by atoms with Crippen molar-refractivity contribution in [1.29, 1.82) is 0 Å². The number of nitrogens with one attached hydrogen (secondary N) is 2. The summed E-state index contributed by atoms with van der Waals surface area (Å²) in [7, 11) is 6.52. The van der Waals surface area contributed by atoms with E-state index in [1.54, 1.807) is 43.1 Å². The first-order chi connectivity index (χ1) is 32.3. The summed E-state index contributed by atoms with van der Waals surface area (Å²) in [6.45, 7) is 27.4. The number of unbranched alkanes of at least 4 members (excludes halogenated alkanes) is 1. The van der Waals surface area contributed by atoms with Crippen LogP contribution in [0, 0.1) is 23.7 Å². The van der Waals surface area contributed by atoms with E-state index in [1.807, 2.05) is 87.3 Å². The van der Waals surface area contributed by atoms with Crippen LogP contribution in [0.1, 0.15) is 127 Å². The maximum absolute atomic E-state index is 14.5. The molecule has 0 fully saturated rings. The number of hydrogen-bond donors (Lipinski definition) is 4. The molecular formula is C51H96N6O11. The third-order valence-electron chi connectivity index (χ3n) is 11.7. The van der Waals surface area contributed by atoms with Crippen LogP contribution in [0.3, 0.4) is 0 Å². The predicted octanol–water partition coefficient (Wildman–Crippen LogP) is 6.17. The van der Waals surface area contributed by atoms with Crippen molar-refractivity contribution in [3.8, 4) is 0 Å². The second-order valence-electron chi connectivity index (χ2n) is 17.7. The minimum absolute atomic E-state index is 0.0261. The molecule has 0 aliphatic carbocycles. The Kier molecular flexibility index (Phi) is 38.1. The first kappa shape index (κ1) is 66.4. The molecule has 7 unspecified atom stereocenters. The quantitative estimate of drug-likeness (QED) is 0.0347. The van der Waals surface area contributed by atoms with Crippen LogP contribution in [-0.2, 0) is 54.2 Å². The molecule has 0 saturated heterocycles. The molecule has 17 heteroatoms. The van der Waals surface area contributed by atoms with Crippen molar-refractivity contribution in [2.75, 3.05) is 74.4 Å². The van der Waals surface area contributed by atoms with E-state index in [-0.39, 0.29) is 54.9 Å². The van der Waals surface area contributed by atoms with Crippen LogP contribution in [0.4, 0.5) is 0 Å². The number of rotatable bonds is 34. The Bertz CT molecular complexity index is 1480. The fraction of sp³-hybridized carbons (Fsp3) is 0.784. The molecule has 17 nitrogen and oxygen atoms in total. The molecule has 0 bridgehead atoms. The lowest BCUT2D eigenvalue weighted by atomic mass is 9.89. The lowest BCUT2D eigenvalue weighted by Crippen LogP contribution is -2.60. The van der Waals surface area contributed by atoms with Gasteiger partial charge >= 0.3 is 5.97 Å². The second-order valence-corrected chi connectivity index (χ2v) is 17.7. The molecule has 396 valence electrons. The van der Waals surface area contributed by atoms with Gasteiger partial charge < -0.3 is 49.3 Å². The largest absolute Gasteiger partial charge is 0.480 e. The van der Waals surface area contributed by atoms with E-state index in [4.69, 9.17) is 24.8 Å². The van der Waals surface area contributed by atoms with Gasteiger partial charge in [0.1, 0.15) is 18.3 Å². The summed E-state index contributed by atoms with van der Waals surface area (Å²) in [6, 6.07) is 5.99. The molecule has 0 aliphatic rings. The van der Waals surface area contributed by atoms with Gasteiger partial charge in [0.25, 0.3) is 0 Å². The fourth-order valence-corrected chi connectivity index (χ4v) is 7.76. The van der Waals surface area contributed by atoms with Crippen molar-refractivity contribution < 1.29 is 52.9 Å². The van der Waals surface area contributed by atoms with Crippen LogP contribution in [-0.4, -0.2) is 160 Å². The summed E-state index contributed by atoms with van der Waals surface area (Å²) >= 11 is 0. The summed E-state index contributed by atoms with van der Waals surface area (Å²) in [5, 5.41) is 15.7. The molecular weight excluding hydrogens is 873 g/mol. The fourth-order valence-electron chi connectivity index (χ4n) is 7.76. The van der Waals surface area contributed by atoms with E-state index in [1.165, 1.54) is 19.1 Å². The Hall–Kier alpha value is -3.71. The zero-order valence-corrected chi connectivity index (χ0v) is 45.0. The molecule has 1 aromatic carbocycles. The smallest absolute Gasteiger partial charge is 0.326 e. The Morgan fingerprint density at radius 3 is 1.79 bits per heavy atom. The average molecular weight is 969 g/mol. The van der Waals surface area contributed by atoms with E-state index < -0.39 is 54.3 Å². The van der Waals surface area contributed by atoms with Crippen LogP contribution < -0.4 is 16.5 Å². The number of benzene rings is 1. The molecule has 1 aromatic rings. The number of hydrogen-bond acceptors (Lipinski definition) is 12. The van der Waals surface area contributed by atoms with E-state index >= 15 is 0 Å². The van der Waals surface area contributed by atoms with Crippen LogP contribution >= 0.6 is 0 Å². The van der Waals surface area contributed by atoms with Crippen molar-refractivity contribution in [3.63, 3.8) is 0 Å². The standard InChI is InChI=1S/C44H77N5O9.C5H13NO2.C2H6/c1-14-17-23-49(43(57-13)32(9)40(51)45-34(44(54)55)27-33-21-19-18-20-22-33)36(50)28-35(56-12)39(31(8)16-3)48(11)42(53)37(29(4)5)46-41(52)38(30(6)7)47(10)24-26-58-25-15-2;1-2-3-7-4-5-8-6;1-2/h18-22,29-32,34-35,37-39,43H,14-17,23-28H2,1-13H3,(H,45,51)(H,46,52)(H,54,55);2-6H2,1H3;1-2H3/t31?,32?,34?,35?,37-,38?,39?,43?;;/m0../s1. The number of ether oxygens (including phenoxy) is 4. The number of carboxylic acids is 1. The van der Waals surface area contributed by atoms with Crippen molar-refractivity contribution in [2.45, 2.75) is 165 Å².